The lowest BCUT2D eigenvalue weighted by Crippen LogP contribution is -2.31. The van der Waals surface area contributed by atoms with Crippen molar-refractivity contribution in [3.63, 3.8) is 0 Å². The van der Waals surface area contributed by atoms with Crippen LogP contribution in [-0.4, -0.2) is 29.1 Å². The molecule has 18 heavy (non-hydrogen) atoms. The average Bonchev–Trinajstić information content (AvgIpc) is 2.35. The third-order valence-electron chi connectivity index (χ3n) is 3.33. The number of nitrogens with zero attached hydrogens (tertiary/aromatic N) is 1. The van der Waals surface area contributed by atoms with Crippen molar-refractivity contribution in [3.05, 3.63) is 46.5 Å². The summed E-state index contributed by atoms with van der Waals surface area (Å²) in [5, 5.41) is 9.16. The molecule has 0 amide bonds. The zero-order chi connectivity index (χ0) is 13.1. The molecule has 1 N–H and O–H groups in total. The number of hydrogen-bond acceptors (Lipinski definition) is 2. The summed E-state index contributed by atoms with van der Waals surface area (Å²) in [5.74, 6) is -0.815. The van der Waals surface area contributed by atoms with E-state index in [1.165, 1.54) is 5.57 Å². The van der Waals surface area contributed by atoms with Gasteiger partial charge in [0, 0.05) is 19.6 Å². The van der Waals surface area contributed by atoms with Crippen molar-refractivity contribution in [1.82, 2.24) is 4.90 Å². The van der Waals surface area contributed by atoms with Crippen LogP contribution < -0.4 is 0 Å². The van der Waals surface area contributed by atoms with E-state index >= 15 is 0 Å². The fourth-order valence-corrected chi connectivity index (χ4v) is 2.34. The molecule has 1 heterocycles. The molecule has 0 spiro atoms. The molecule has 1 aliphatic rings. The van der Waals surface area contributed by atoms with E-state index < -0.39 is 5.97 Å². The molecular formula is C15H19NO2. The first-order valence-corrected chi connectivity index (χ1v) is 6.27. The van der Waals surface area contributed by atoms with E-state index in [0.29, 0.717) is 5.56 Å². The van der Waals surface area contributed by atoms with Gasteiger partial charge in [0.05, 0.1) is 5.56 Å². The van der Waals surface area contributed by atoms with Crippen molar-refractivity contribution in [2.24, 2.45) is 0 Å². The first kappa shape index (κ1) is 12.8. The summed E-state index contributed by atoms with van der Waals surface area (Å²) in [7, 11) is 0. The lowest BCUT2D eigenvalue weighted by Gasteiger charge is -2.28. The van der Waals surface area contributed by atoms with Crippen LogP contribution in [0.4, 0.5) is 0 Å². The molecule has 0 fully saturated rings. The van der Waals surface area contributed by atoms with Crippen LogP contribution in [0.1, 0.15) is 35.3 Å². The lowest BCUT2D eigenvalue weighted by atomic mass is 9.94. The van der Waals surface area contributed by atoms with Gasteiger partial charge in [-0.25, -0.2) is 4.79 Å². The summed E-state index contributed by atoms with van der Waals surface area (Å²) in [6, 6.07) is 5.58. The quantitative estimate of drug-likeness (QED) is 0.832. The molecule has 0 atom stereocenters. The SMILES string of the molecule is CC(C)=CCN1CCc2c(cccc2C(=O)O)C1. The Kier molecular flexibility index (Phi) is 3.82. The fourth-order valence-electron chi connectivity index (χ4n) is 2.34. The fraction of sp³-hybridized carbons (Fsp3) is 0.400. The van der Waals surface area contributed by atoms with Crippen LogP contribution in [0.15, 0.2) is 29.8 Å². The molecule has 2 rings (SSSR count). The molecule has 0 radical (unpaired) electrons. The number of allylic oxidation sites excluding steroid dienone is 1. The van der Waals surface area contributed by atoms with Gasteiger partial charge in [0.15, 0.2) is 0 Å². The van der Waals surface area contributed by atoms with Crippen LogP contribution in [0.3, 0.4) is 0 Å². The Hall–Kier alpha value is -1.61. The molecule has 0 bridgehead atoms. The van der Waals surface area contributed by atoms with Gasteiger partial charge in [0.2, 0.25) is 0 Å². The van der Waals surface area contributed by atoms with Gasteiger partial charge in [-0.3, -0.25) is 4.90 Å². The number of fused-ring (bicyclic) bond motifs is 1. The molecule has 1 aromatic carbocycles. The number of hydrogen-bond donors (Lipinski definition) is 1. The molecule has 1 aliphatic heterocycles. The highest BCUT2D eigenvalue weighted by Gasteiger charge is 2.20. The van der Waals surface area contributed by atoms with E-state index in [4.69, 9.17) is 5.11 Å². The summed E-state index contributed by atoms with van der Waals surface area (Å²) in [6.45, 7) is 6.92. The van der Waals surface area contributed by atoms with Crippen LogP contribution in [0, 0.1) is 0 Å². The van der Waals surface area contributed by atoms with Gasteiger partial charge in [-0.15, -0.1) is 0 Å². The van der Waals surface area contributed by atoms with Crippen molar-refractivity contribution in [1.29, 1.82) is 0 Å². The van der Waals surface area contributed by atoms with Crippen LogP contribution in [0.25, 0.3) is 0 Å². The first-order chi connectivity index (χ1) is 8.58. The summed E-state index contributed by atoms with van der Waals surface area (Å²) < 4.78 is 0. The van der Waals surface area contributed by atoms with Crippen molar-refractivity contribution in [2.45, 2.75) is 26.8 Å². The highest BCUT2D eigenvalue weighted by molar-refractivity contribution is 5.89. The van der Waals surface area contributed by atoms with Crippen LogP contribution in [-0.2, 0) is 13.0 Å². The Morgan fingerprint density at radius 2 is 2.22 bits per heavy atom. The maximum absolute atomic E-state index is 11.1. The maximum atomic E-state index is 11.1. The lowest BCUT2D eigenvalue weighted by molar-refractivity contribution is 0.0694. The number of rotatable bonds is 3. The third-order valence-corrected chi connectivity index (χ3v) is 3.33. The van der Waals surface area contributed by atoms with Crippen LogP contribution >= 0.6 is 0 Å². The van der Waals surface area contributed by atoms with Gasteiger partial charge in [-0.05, 0) is 37.5 Å². The molecule has 0 aromatic heterocycles. The normalized spacial score (nSPS) is 15.0. The second kappa shape index (κ2) is 5.36. The zero-order valence-corrected chi connectivity index (χ0v) is 10.9. The minimum absolute atomic E-state index is 0.467. The molecule has 3 heteroatoms. The van der Waals surface area contributed by atoms with Crippen molar-refractivity contribution >= 4 is 5.97 Å². The molecule has 0 unspecified atom stereocenters. The van der Waals surface area contributed by atoms with Gasteiger partial charge in [-0.1, -0.05) is 23.8 Å². The van der Waals surface area contributed by atoms with Crippen molar-refractivity contribution in [3.8, 4) is 0 Å². The summed E-state index contributed by atoms with van der Waals surface area (Å²) in [6.07, 6.45) is 3.04. The minimum atomic E-state index is -0.815. The summed E-state index contributed by atoms with van der Waals surface area (Å²) >= 11 is 0. The highest BCUT2D eigenvalue weighted by atomic mass is 16.4. The first-order valence-electron chi connectivity index (χ1n) is 6.27. The van der Waals surface area contributed by atoms with E-state index in [1.54, 1.807) is 6.07 Å². The molecular weight excluding hydrogens is 226 g/mol. The maximum Gasteiger partial charge on any atom is 0.335 e. The van der Waals surface area contributed by atoms with Gasteiger partial charge in [-0.2, -0.15) is 0 Å². The molecule has 0 saturated heterocycles. The Morgan fingerprint density at radius 3 is 2.89 bits per heavy atom. The van der Waals surface area contributed by atoms with Gasteiger partial charge >= 0.3 is 5.97 Å². The third kappa shape index (κ3) is 2.79. The van der Waals surface area contributed by atoms with E-state index in [1.807, 2.05) is 12.1 Å². The number of aromatic carboxylic acids is 1. The Balaban J connectivity index is 2.18. The topological polar surface area (TPSA) is 40.5 Å². The Labute approximate surface area is 108 Å². The largest absolute Gasteiger partial charge is 0.478 e. The summed E-state index contributed by atoms with van der Waals surface area (Å²) in [4.78, 5) is 13.5. The molecule has 3 nitrogen and oxygen atoms in total. The number of carboxylic acids is 1. The molecule has 96 valence electrons. The minimum Gasteiger partial charge on any atom is -0.478 e. The second-order valence-electron chi connectivity index (χ2n) is 5.01. The monoisotopic (exact) mass is 245 g/mol. The van der Waals surface area contributed by atoms with Gasteiger partial charge in [0.1, 0.15) is 0 Å². The Bertz CT molecular complexity index is 487. The Morgan fingerprint density at radius 1 is 1.44 bits per heavy atom. The van der Waals surface area contributed by atoms with E-state index in [0.717, 1.165) is 37.2 Å². The van der Waals surface area contributed by atoms with E-state index in [2.05, 4.69) is 24.8 Å². The average molecular weight is 245 g/mol. The predicted octanol–water partition coefficient (Wildman–Crippen LogP) is 2.71. The molecule has 0 aliphatic carbocycles. The number of carbonyl (C=O) groups is 1. The van der Waals surface area contributed by atoms with E-state index in [9.17, 15) is 4.79 Å². The van der Waals surface area contributed by atoms with Crippen molar-refractivity contribution < 1.29 is 9.90 Å². The molecule has 1 aromatic rings. The summed E-state index contributed by atoms with van der Waals surface area (Å²) in [5.41, 5.74) is 3.95. The van der Waals surface area contributed by atoms with Gasteiger partial charge in [0.25, 0.3) is 0 Å². The molecule has 0 saturated carbocycles. The standard InChI is InChI=1S/C15H19NO2/c1-11(2)6-8-16-9-7-13-12(10-16)4-3-5-14(13)15(17)18/h3-6H,7-10H2,1-2H3,(H,17,18). The second-order valence-corrected chi connectivity index (χ2v) is 5.01. The zero-order valence-electron chi connectivity index (χ0n) is 10.9. The highest BCUT2D eigenvalue weighted by Crippen LogP contribution is 2.22. The number of carboxylic acid groups (broad SMARTS) is 1. The van der Waals surface area contributed by atoms with Crippen LogP contribution in [0.2, 0.25) is 0 Å². The van der Waals surface area contributed by atoms with Crippen LogP contribution in [0.5, 0.6) is 0 Å². The predicted molar refractivity (Wildman–Crippen MR) is 71.8 cm³/mol. The van der Waals surface area contributed by atoms with Gasteiger partial charge < -0.3 is 5.11 Å². The smallest absolute Gasteiger partial charge is 0.335 e. The van der Waals surface area contributed by atoms with Crippen molar-refractivity contribution in [2.75, 3.05) is 13.1 Å². The number of benzene rings is 1. The van der Waals surface area contributed by atoms with E-state index in [-0.39, 0.29) is 0 Å².